The van der Waals surface area contributed by atoms with Crippen LogP contribution in [-0.2, 0) is 4.79 Å². The molecule has 3 aromatic carbocycles. The Labute approximate surface area is 203 Å². The largest absolute Gasteiger partial charge is 0.340 e. The SMILES string of the molecule is O=C1/C(=C\c2ccc(Cl)cc2)CN(C(=S)Nc2ccccc2)C/C1=C\c1ccc(Cl)cc1. The van der Waals surface area contributed by atoms with Gasteiger partial charge >= 0.3 is 0 Å². The van der Waals surface area contributed by atoms with Gasteiger partial charge < -0.3 is 10.2 Å². The number of Topliss-reactive ketones (excluding diaryl/α,β-unsaturated/α-hetero) is 1. The van der Waals surface area contributed by atoms with Crippen molar-refractivity contribution in [2.75, 3.05) is 18.4 Å². The summed E-state index contributed by atoms with van der Waals surface area (Å²) in [5.41, 5.74) is 4.05. The van der Waals surface area contributed by atoms with Crippen molar-refractivity contribution in [2.45, 2.75) is 0 Å². The van der Waals surface area contributed by atoms with Gasteiger partial charge in [0.15, 0.2) is 10.9 Å². The van der Waals surface area contributed by atoms with Crippen LogP contribution < -0.4 is 5.32 Å². The molecule has 0 atom stereocenters. The number of hydrogen-bond donors (Lipinski definition) is 1. The average Bonchev–Trinajstić information content (AvgIpc) is 2.80. The molecule has 0 unspecified atom stereocenters. The van der Waals surface area contributed by atoms with E-state index >= 15 is 0 Å². The third-order valence-electron chi connectivity index (χ3n) is 5.04. The summed E-state index contributed by atoms with van der Waals surface area (Å²) >= 11 is 17.7. The van der Waals surface area contributed by atoms with Crippen molar-refractivity contribution in [1.82, 2.24) is 4.90 Å². The Morgan fingerprint density at radius 1 is 0.781 bits per heavy atom. The number of para-hydroxylation sites is 1. The molecule has 0 saturated carbocycles. The number of likely N-dealkylation sites (tertiary alicyclic amines) is 1. The molecule has 3 aromatic rings. The zero-order valence-corrected chi connectivity index (χ0v) is 19.4. The van der Waals surface area contributed by atoms with Crippen LogP contribution in [0.15, 0.2) is 90.0 Å². The van der Waals surface area contributed by atoms with Gasteiger partial charge in [-0.3, -0.25) is 4.79 Å². The van der Waals surface area contributed by atoms with Gasteiger partial charge in [-0.05, 0) is 71.9 Å². The highest BCUT2D eigenvalue weighted by Gasteiger charge is 2.27. The second kappa shape index (κ2) is 10.1. The zero-order chi connectivity index (χ0) is 22.5. The normalized spacial score (nSPS) is 16.4. The maximum atomic E-state index is 13.3. The topological polar surface area (TPSA) is 32.3 Å². The van der Waals surface area contributed by atoms with E-state index < -0.39 is 0 Å². The average molecular weight is 479 g/mol. The fourth-order valence-electron chi connectivity index (χ4n) is 3.43. The Kier molecular flexibility index (Phi) is 7.05. The molecule has 1 aliphatic rings. The number of halogens is 2. The van der Waals surface area contributed by atoms with Crippen molar-refractivity contribution in [2.24, 2.45) is 0 Å². The molecule has 0 amide bonds. The first-order valence-electron chi connectivity index (χ1n) is 10.1. The van der Waals surface area contributed by atoms with Gasteiger partial charge in [0, 0.05) is 40.0 Å². The number of ketones is 1. The zero-order valence-electron chi connectivity index (χ0n) is 17.1. The van der Waals surface area contributed by atoms with Crippen LogP contribution in [0.3, 0.4) is 0 Å². The number of carbonyl (C=O) groups excluding carboxylic acids is 1. The quantitative estimate of drug-likeness (QED) is 0.333. The number of rotatable bonds is 3. The van der Waals surface area contributed by atoms with E-state index in [1.165, 1.54) is 0 Å². The van der Waals surface area contributed by atoms with Crippen molar-refractivity contribution in [3.63, 3.8) is 0 Å². The third-order valence-corrected chi connectivity index (χ3v) is 5.90. The number of nitrogens with zero attached hydrogens (tertiary/aromatic N) is 1. The first-order valence-corrected chi connectivity index (χ1v) is 11.2. The summed E-state index contributed by atoms with van der Waals surface area (Å²) in [4.78, 5) is 15.3. The van der Waals surface area contributed by atoms with Crippen molar-refractivity contribution in [3.05, 3.63) is 111 Å². The molecular formula is C26H20Cl2N2OS. The molecule has 160 valence electrons. The van der Waals surface area contributed by atoms with Crippen LogP contribution in [0.5, 0.6) is 0 Å². The molecule has 1 aliphatic heterocycles. The van der Waals surface area contributed by atoms with Crippen LogP contribution in [-0.4, -0.2) is 28.9 Å². The number of benzene rings is 3. The first kappa shape index (κ1) is 22.3. The second-order valence-corrected chi connectivity index (χ2v) is 8.68. The van der Waals surface area contributed by atoms with E-state index in [-0.39, 0.29) is 5.78 Å². The molecule has 0 aliphatic carbocycles. The van der Waals surface area contributed by atoms with E-state index in [0.717, 1.165) is 16.8 Å². The van der Waals surface area contributed by atoms with Gasteiger partial charge in [-0.25, -0.2) is 0 Å². The number of hydrogen-bond acceptors (Lipinski definition) is 2. The van der Waals surface area contributed by atoms with Gasteiger partial charge in [-0.15, -0.1) is 0 Å². The highest BCUT2D eigenvalue weighted by atomic mass is 35.5. The molecule has 1 heterocycles. The molecule has 1 fully saturated rings. The van der Waals surface area contributed by atoms with Gasteiger partial charge in [0.05, 0.1) is 0 Å². The van der Waals surface area contributed by atoms with Crippen molar-refractivity contribution >= 4 is 64.2 Å². The smallest absolute Gasteiger partial charge is 0.188 e. The lowest BCUT2D eigenvalue weighted by Gasteiger charge is -2.32. The number of anilines is 1. The summed E-state index contributed by atoms with van der Waals surface area (Å²) in [6, 6.07) is 24.6. The number of nitrogens with one attached hydrogen (secondary N) is 1. The van der Waals surface area contributed by atoms with Crippen molar-refractivity contribution in [3.8, 4) is 0 Å². The van der Waals surface area contributed by atoms with E-state index in [4.69, 9.17) is 35.4 Å². The van der Waals surface area contributed by atoms with E-state index in [2.05, 4.69) is 5.32 Å². The van der Waals surface area contributed by atoms with E-state index in [9.17, 15) is 4.79 Å². The monoisotopic (exact) mass is 478 g/mol. The van der Waals surface area contributed by atoms with Gasteiger partial charge in [0.2, 0.25) is 0 Å². The summed E-state index contributed by atoms with van der Waals surface area (Å²) in [5.74, 6) is 0.00802. The van der Waals surface area contributed by atoms with Crippen LogP contribution in [0, 0.1) is 0 Å². The number of thiocarbonyl (C=S) groups is 1. The predicted molar refractivity (Wildman–Crippen MR) is 138 cm³/mol. The maximum absolute atomic E-state index is 13.3. The fraction of sp³-hybridized carbons (Fsp3) is 0.0769. The molecule has 6 heteroatoms. The highest BCUT2D eigenvalue weighted by molar-refractivity contribution is 7.80. The lowest BCUT2D eigenvalue weighted by molar-refractivity contribution is -0.113. The molecule has 0 bridgehead atoms. The number of carbonyl (C=O) groups is 1. The van der Waals surface area contributed by atoms with Gasteiger partial charge in [0.25, 0.3) is 0 Å². The fourth-order valence-corrected chi connectivity index (χ4v) is 3.93. The third kappa shape index (κ3) is 5.65. The molecule has 0 radical (unpaired) electrons. The standard InChI is InChI=1S/C26H20Cl2N2OS/c27-22-10-6-18(7-11-22)14-20-16-30(26(32)29-24-4-2-1-3-5-24)17-21(25(20)31)15-19-8-12-23(28)13-9-19/h1-15H,16-17H2,(H,29,32)/b20-14-,21-15+. The minimum Gasteiger partial charge on any atom is -0.340 e. The van der Waals surface area contributed by atoms with E-state index in [0.29, 0.717) is 39.4 Å². The van der Waals surface area contributed by atoms with Crippen LogP contribution in [0.2, 0.25) is 10.0 Å². The van der Waals surface area contributed by atoms with Crippen molar-refractivity contribution < 1.29 is 4.79 Å². The minimum atomic E-state index is 0.00802. The Morgan fingerprint density at radius 3 is 1.72 bits per heavy atom. The highest BCUT2D eigenvalue weighted by Crippen LogP contribution is 2.24. The molecule has 4 rings (SSSR count). The first-order chi connectivity index (χ1) is 15.5. The lowest BCUT2D eigenvalue weighted by Crippen LogP contribution is -2.43. The van der Waals surface area contributed by atoms with Gasteiger partial charge in [-0.2, -0.15) is 0 Å². The molecule has 0 aromatic heterocycles. The predicted octanol–water partition coefficient (Wildman–Crippen LogP) is 6.74. The summed E-state index contributed by atoms with van der Waals surface area (Å²) in [6.07, 6.45) is 3.79. The Hall–Kier alpha value is -2.92. The summed E-state index contributed by atoms with van der Waals surface area (Å²) in [5, 5.41) is 5.14. The molecule has 3 nitrogen and oxygen atoms in total. The van der Waals surface area contributed by atoms with Crippen LogP contribution in [0.4, 0.5) is 5.69 Å². The van der Waals surface area contributed by atoms with Crippen molar-refractivity contribution in [1.29, 1.82) is 0 Å². The Bertz CT molecular complexity index is 1120. The van der Waals surface area contributed by atoms with Gasteiger partial charge in [0.1, 0.15) is 0 Å². The lowest BCUT2D eigenvalue weighted by atomic mass is 9.94. The Balaban J connectivity index is 1.66. The van der Waals surface area contributed by atoms with Gasteiger partial charge in [-0.1, -0.05) is 65.7 Å². The molecule has 1 N–H and O–H groups in total. The van der Waals surface area contributed by atoms with E-state index in [1.54, 1.807) is 0 Å². The molecule has 32 heavy (non-hydrogen) atoms. The summed E-state index contributed by atoms with van der Waals surface area (Å²) in [7, 11) is 0. The van der Waals surface area contributed by atoms with Crippen LogP contribution in [0.1, 0.15) is 11.1 Å². The molecule has 1 saturated heterocycles. The number of piperidine rings is 1. The maximum Gasteiger partial charge on any atom is 0.188 e. The van der Waals surface area contributed by atoms with Crippen LogP contribution >= 0.6 is 35.4 Å². The second-order valence-electron chi connectivity index (χ2n) is 7.42. The Morgan fingerprint density at radius 2 is 1.25 bits per heavy atom. The summed E-state index contributed by atoms with van der Waals surface area (Å²) in [6.45, 7) is 0.830. The minimum absolute atomic E-state index is 0.00802. The van der Waals surface area contributed by atoms with E-state index in [1.807, 2.05) is 95.9 Å². The summed E-state index contributed by atoms with van der Waals surface area (Å²) < 4.78 is 0. The molecule has 0 spiro atoms. The van der Waals surface area contributed by atoms with Crippen LogP contribution in [0.25, 0.3) is 12.2 Å². The molecular weight excluding hydrogens is 459 g/mol.